The highest BCUT2D eigenvalue weighted by Crippen LogP contribution is 2.45. The monoisotopic (exact) mass is 399 g/mol. The summed E-state index contributed by atoms with van der Waals surface area (Å²) < 4.78 is 16.1. The number of amides is 1. The van der Waals surface area contributed by atoms with Crippen molar-refractivity contribution in [3.05, 3.63) is 64.3 Å². The lowest BCUT2D eigenvalue weighted by molar-refractivity contribution is -0.136. The zero-order valence-corrected chi connectivity index (χ0v) is 16.2. The van der Waals surface area contributed by atoms with Crippen LogP contribution < -0.4 is 14.4 Å². The fourth-order valence-corrected chi connectivity index (χ4v) is 3.93. The second kappa shape index (κ2) is 7.20. The normalized spacial score (nSPS) is 18.8. The van der Waals surface area contributed by atoms with Crippen molar-refractivity contribution in [1.29, 1.82) is 0 Å². The molecule has 7 heteroatoms. The van der Waals surface area contributed by atoms with Crippen LogP contribution in [0.5, 0.6) is 11.5 Å². The maximum Gasteiger partial charge on any atom is 0.336 e. The molecule has 4 rings (SSSR count). The maximum atomic E-state index is 13.1. The van der Waals surface area contributed by atoms with E-state index in [1.807, 2.05) is 0 Å². The van der Waals surface area contributed by atoms with E-state index in [1.165, 1.54) is 4.90 Å². The van der Waals surface area contributed by atoms with E-state index in [0.29, 0.717) is 39.0 Å². The topological polar surface area (TPSA) is 65.1 Å². The smallest absolute Gasteiger partial charge is 0.336 e. The number of nitrogens with zero attached hydrogens (tertiary/aromatic N) is 1. The molecule has 1 atom stereocenters. The Labute approximate surface area is 167 Å². The zero-order valence-electron chi connectivity index (χ0n) is 15.4. The van der Waals surface area contributed by atoms with E-state index in [1.54, 1.807) is 56.7 Å². The highest BCUT2D eigenvalue weighted by Gasteiger charge is 2.43. The van der Waals surface area contributed by atoms with Gasteiger partial charge in [-0.1, -0.05) is 17.7 Å². The largest absolute Gasteiger partial charge is 0.497 e. The Kier molecular flexibility index (Phi) is 4.73. The predicted molar refractivity (Wildman–Crippen MR) is 104 cm³/mol. The standard InChI is InChI=1S/C21H18ClNO5/c1-26-14-6-7-18(27-2)15(9-14)16-10-19(24)23(13-5-3-4-12(22)8-13)17-11-28-21(25)20(16)17/h3-9,16H,10-11H2,1-2H3/t16-/m0/s1. The summed E-state index contributed by atoms with van der Waals surface area (Å²) in [6.07, 6.45) is 0.101. The average Bonchev–Trinajstić information content (AvgIpc) is 3.08. The van der Waals surface area contributed by atoms with E-state index < -0.39 is 11.9 Å². The molecular formula is C21H18ClNO5. The van der Waals surface area contributed by atoms with Gasteiger partial charge in [0.25, 0.3) is 0 Å². The average molecular weight is 400 g/mol. The summed E-state index contributed by atoms with van der Waals surface area (Å²) in [5.41, 5.74) is 2.33. The van der Waals surface area contributed by atoms with Crippen molar-refractivity contribution in [1.82, 2.24) is 0 Å². The quantitative estimate of drug-likeness (QED) is 0.733. The third kappa shape index (κ3) is 2.99. The Bertz CT molecular complexity index is 1000. The number of hydrogen-bond acceptors (Lipinski definition) is 5. The Morgan fingerprint density at radius 2 is 1.93 bits per heavy atom. The number of rotatable bonds is 4. The lowest BCUT2D eigenvalue weighted by atomic mass is 9.83. The van der Waals surface area contributed by atoms with Crippen molar-refractivity contribution >= 4 is 29.2 Å². The van der Waals surface area contributed by atoms with Gasteiger partial charge in [-0.15, -0.1) is 0 Å². The van der Waals surface area contributed by atoms with E-state index in [9.17, 15) is 9.59 Å². The first-order chi connectivity index (χ1) is 13.5. The van der Waals surface area contributed by atoms with E-state index in [4.69, 9.17) is 25.8 Å². The lowest BCUT2D eigenvalue weighted by Gasteiger charge is -2.32. The number of anilines is 1. The Hall–Kier alpha value is -2.99. The third-order valence-corrected chi connectivity index (χ3v) is 5.23. The van der Waals surface area contributed by atoms with Crippen LogP contribution in [-0.4, -0.2) is 32.7 Å². The molecule has 0 aromatic heterocycles. The number of benzene rings is 2. The van der Waals surface area contributed by atoms with E-state index >= 15 is 0 Å². The third-order valence-electron chi connectivity index (χ3n) is 5.00. The molecule has 144 valence electrons. The second-order valence-electron chi connectivity index (χ2n) is 6.51. The van der Waals surface area contributed by atoms with Gasteiger partial charge in [-0.05, 0) is 36.4 Å². The molecule has 2 aliphatic heterocycles. The van der Waals surface area contributed by atoms with Crippen LogP contribution in [0.3, 0.4) is 0 Å². The molecule has 0 bridgehead atoms. The van der Waals surface area contributed by atoms with Crippen molar-refractivity contribution in [3.8, 4) is 11.5 Å². The van der Waals surface area contributed by atoms with Crippen LogP contribution in [-0.2, 0) is 14.3 Å². The van der Waals surface area contributed by atoms with Gasteiger partial charge in [-0.2, -0.15) is 0 Å². The fourth-order valence-electron chi connectivity index (χ4n) is 3.75. The van der Waals surface area contributed by atoms with Gasteiger partial charge < -0.3 is 14.2 Å². The summed E-state index contributed by atoms with van der Waals surface area (Å²) >= 11 is 6.10. The van der Waals surface area contributed by atoms with Gasteiger partial charge in [-0.25, -0.2) is 4.79 Å². The van der Waals surface area contributed by atoms with Crippen molar-refractivity contribution in [3.63, 3.8) is 0 Å². The number of methoxy groups -OCH3 is 2. The molecule has 28 heavy (non-hydrogen) atoms. The molecular weight excluding hydrogens is 382 g/mol. The SMILES string of the molecule is COc1ccc(OC)c([C@@H]2CC(=O)N(c3cccc(Cl)c3)C3=C2C(=O)OC3)c1. The van der Waals surface area contributed by atoms with Crippen molar-refractivity contribution in [2.24, 2.45) is 0 Å². The molecule has 2 aliphatic rings. The number of esters is 1. The Morgan fingerprint density at radius 1 is 1.11 bits per heavy atom. The van der Waals surface area contributed by atoms with Crippen molar-refractivity contribution < 1.29 is 23.8 Å². The van der Waals surface area contributed by atoms with Crippen LogP contribution in [0.1, 0.15) is 17.9 Å². The summed E-state index contributed by atoms with van der Waals surface area (Å²) in [5.74, 6) is 0.159. The predicted octanol–water partition coefficient (Wildman–Crippen LogP) is 3.69. The first-order valence-electron chi connectivity index (χ1n) is 8.74. The highest BCUT2D eigenvalue weighted by atomic mass is 35.5. The molecule has 0 N–H and O–H groups in total. The highest BCUT2D eigenvalue weighted by molar-refractivity contribution is 6.31. The van der Waals surface area contributed by atoms with E-state index in [-0.39, 0.29) is 18.9 Å². The second-order valence-corrected chi connectivity index (χ2v) is 6.95. The van der Waals surface area contributed by atoms with Crippen LogP contribution in [0.25, 0.3) is 0 Å². The fraction of sp³-hybridized carbons (Fsp3) is 0.238. The molecule has 0 saturated carbocycles. The van der Waals surface area contributed by atoms with Gasteiger partial charge in [0, 0.05) is 22.9 Å². The van der Waals surface area contributed by atoms with E-state index in [0.717, 1.165) is 0 Å². The zero-order chi connectivity index (χ0) is 19.8. The number of cyclic esters (lactones) is 1. The minimum absolute atomic E-state index is 0.0369. The van der Waals surface area contributed by atoms with Crippen LogP contribution in [0.15, 0.2) is 53.7 Å². The molecule has 0 aliphatic carbocycles. The summed E-state index contributed by atoms with van der Waals surface area (Å²) in [6, 6.07) is 12.3. The van der Waals surface area contributed by atoms with E-state index in [2.05, 4.69) is 0 Å². The Morgan fingerprint density at radius 3 is 2.64 bits per heavy atom. The molecule has 0 unspecified atom stereocenters. The Balaban J connectivity index is 1.86. The van der Waals surface area contributed by atoms with Gasteiger partial charge in [-0.3, -0.25) is 9.69 Å². The van der Waals surface area contributed by atoms with Crippen molar-refractivity contribution in [2.45, 2.75) is 12.3 Å². The summed E-state index contributed by atoms with van der Waals surface area (Å²) in [5, 5.41) is 0.509. The van der Waals surface area contributed by atoms with Gasteiger partial charge in [0.1, 0.15) is 18.1 Å². The van der Waals surface area contributed by atoms with Crippen molar-refractivity contribution in [2.75, 3.05) is 25.7 Å². The minimum Gasteiger partial charge on any atom is -0.497 e. The summed E-state index contributed by atoms with van der Waals surface area (Å²) in [7, 11) is 3.11. The molecule has 2 aromatic carbocycles. The molecule has 0 spiro atoms. The number of hydrogen-bond donors (Lipinski definition) is 0. The lowest BCUT2D eigenvalue weighted by Crippen LogP contribution is -2.37. The summed E-state index contributed by atoms with van der Waals surface area (Å²) in [6.45, 7) is 0.0369. The summed E-state index contributed by atoms with van der Waals surface area (Å²) in [4.78, 5) is 27.2. The molecule has 0 saturated heterocycles. The number of ether oxygens (including phenoxy) is 3. The first-order valence-corrected chi connectivity index (χ1v) is 9.12. The van der Waals surface area contributed by atoms with Gasteiger partial charge in [0.2, 0.25) is 5.91 Å². The van der Waals surface area contributed by atoms with Crippen LogP contribution in [0.2, 0.25) is 5.02 Å². The molecule has 0 fully saturated rings. The molecule has 1 amide bonds. The maximum absolute atomic E-state index is 13.1. The number of halogens is 1. The van der Waals surface area contributed by atoms with Crippen LogP contribution >= 0.6 is 11.6 Å². The van der Waals surface area contributed by atoms with Crippen LogP contribution in [0.4, 0.5) is 5.69 Å². The number of carbonyl (C=O) groups excluding carboxylic acids is 2. The molecule has 6 nitrogen and oxygen atoms in total. The molecule has 2 aromatic rings. The van der Waals surface area contributed by atoms with Crippen LogP contribution in [0, 0.1) is 0 Å². The minimum atomic E-state index is -0.474. The van der Waals surface area contributed by atoms with Gasteiger partial charge >= 0.3 is 5.97 Å². The number of carbonyl (C=O) groups is 2. The molecule has 2 heterocycles. The van der Waals surface area contributed by atoms with Gasteiger partial charge in [0.05, 0.1) is 31.2 Å². The first kappa shape index (κ1) is 18.4. The van der Waals surface area contributed by atoms with Gasteiger partial charge in [0.15, 0.2) is 0 Å². The molecule has 0 radical (unpaired) electrons.